The van der Waals surface area contributed by atoms with Crippen LogP contribution in [0.4, 0.5) is 5.69 Å². The molecule has 0 spiro atoms. The van der Waals surface area contributed by atoms with Crippen LogP contribution in [-0.2, 0) is 11.3 Å². The normalized spacial score (nSPS) is 10.3. The van der Waals surface area contributed by atoms with Gasteiger partial charge in [0.15, 0.2) is 0 Å². The Morgan fingerprint density at radius 3 is 2.65 bits per heavy atom. The summed E-state index contributed by atoms with van der Waals surface area (Å²) >= 11 is 0. The van der Waals surface area contributed by atoms with Gasteiger partial charge in [-0.1, -0.05) is 24.3 Å². The van der Waals surface area contributed by atoms with Crippen molar-refractivity contribution < 1.29 is 9.53 Å². The van der Waals surface area contributed by atoms with E-state index in [1.165, 1.54) is 0 Å². The molecule has 0 saturated heterocycles. The summed E-state index contributed by atoms with van der Waals surface area (Å²) in [7, 11) is 0. The van der Waals surface area contributed by atoms with Gasteiger partial charge >= 0.3 is 0 Å². The highest BCUT2D eigenvalue weighted by Crippen LogP contribution is 2.23. The summed E-state index contributed by atoms with van der Waals surface area (Å²) in [5, 5.41) is 6.95. The Kier molecular flexibility index (Phi) is 4.38. The zero-order valence-corrected chi connectivity index (χ0v) is 12.8. The number of aromatic nitrogens is 2. The molecule has 0 fully saturated rings. The van der Waals surface area contributed by atoms with Crippen LogP contribution in [0.3, 0.4) is 0 Å². The monoisotopic (exact) mass is 307 g/mol. The number of aryl methyl sites for hydroxylation is 1. The quantitative estimate of drug-likeness (QED) is 0.783. The van der Waals surface area contributed by atoms with E-state index in [2.05, 4.69) is 10.4 Å². The lowest BCUT2D eigenvalue weighted by Gasteiger charge is -2.09. The smallest absolute Gasteiger partial charge is 0.246 e. The van der Waals surface area contributed by atoms with Gasteiger partial charge in [0.2, 0.25) is 5.91 Å². The van der Waals surface area contributed by atoms with Crippen LogP contribution in [0.15, 0.2) is 67.0 Å². The number of hydrogen-bond acceptors (Lipinski definition) is 3. The highest BCUT2D eigenvalue weighted by Gasteiger charge is 2.06. The molecule has 1 aromatic heterocycles. The van der Waals surface area contributed by atoms with Gasteiger partial charge in [0.05, 0.1) is 6.20 Å². The number of amides is 1. The Labute approximate surface area is 134 Å². The molecule has 116 valence electrons. The SMILES string of the molecule is Cc1cnn(CC(=O)Nc2cccc(Oc3ccccc3)c2)c1. The largest absolute Gasteiger partial charge is 0.457 e. The second-order valence-corrected chi connectivity index (χ2v) is 5.21. The molecule has 1 heterocycles. The number of para-hydroxylation sites is 1. The van der Waals surface area contributed by atoms with E-state index in [0.29, 0.717) is 11.4 Å². The second-order valence-electron chi connectivity index (χ2n) is 5.21. The van der Waals surface area contributed by atoms with Crippen LogP contribution in [0.5, 0.6) is 11.5 Å². The zero-order chi connectivity index (χ0) is 16.1. The highest BCUT2D eigenvalue weighted by atomic mass is 16.5. The molecule has 3 rings (SSSR count). The number of carbonyl (C=O) groups is 1. The standard InChI is InChI=1S/C18H17N3O2/c1-14-11-19-21(12-14)13-18(22)20-15-6-5-9-17(10-15)23-16-7-3-2-4-8-16/h2-12H,13H2,1H3,(H,20,22). The average molecular weight is 307 g/mol. The van der Waals surface area contributed by atoms with Gasteiger partial charge in [-0.15, -0.1) is 0 Å². The second kappa shape index (κ2) is 6.79. The molecule has 5 nitrogen and oxygen atoms in total. The highest BCUT2D eigenvalue weighted by molar-refractivity contribution is 5.90. The molecule has 1 amide bonds. The summed E-state index contributed by atoms with van der Waals surface area (Å²) in [6.07, 6.45) is 3.55. The number of ether oxygens (including phenoxy) is 1. The number of rotatable bonds is 5. The Hall–Kier alpha value is -3.08. The summed E-state index contributed by atoms with van der Waals surface area (Å²) in [6, 6.07) is 16.8. The fourth-order valence-corrected chi connectivity index (χ4v) is 2.16. The summed E-state index contributed by atoms with van der Waals surface area (Å²) < 4.78 is 7.36. The lowest BCUT2D eigenvalue weighted by atomic mass is 10.3. The molecule has 0 radical (unpaired) electrons. The van der Waals surface area contributed by atoms with Crippen molar-refractivity contribution in [2.24, 2.45) is 0 Å². The molecule has 0 saturated carbocycles. The fraction of sp³-hybridized carbons (Fsp3) is 0.111. The molecule has 5 heteroatoms. The van der Waals surface area contributed by atoms with E-state index in [1.54, 1.807) is 16.9 Å². The first-order chi connectivity index (χ1) is 11.2. The summed E-state index contributed by atoms with van der Waals surface area (Å²) in [4.78, 5) is 12.0. The third kappa shape index (κ3) is 4.20. The average Bonchev–Trinajstić information content (AvgIpc) is 2.93. The predicted octanol–water partition coefficient (Wildman–Crippen LogP) is 3.62. The summed E-state index contributed by atoms with van der Waals surface area (Å²) in [5.74, 6) is 1.29. The van der Waals surface area contributed by atoms with Gasteiger partial charge < -0.3 is 10.1 Å². The third-order valence-electron chi connectivity index (χ3n) is 3.16. The van der Waals surface area contributed by atoms with Crippen molar-refractivity contribution in [3.8, 4) is 11.5 Å². The minimum Gasteiger partial charge on any atom is -0.457 e. The first-order valence-corrected chi connectivity index (χ1v) is 7.31. The molecule has 0 aliphatic carbocycles. The van der Waals surface area contributed by atoms with Crippen molar-refractivity contribution >= 4 is 11.6 Å². The molecular weight excluding hydrogens is 290 g/mol. The lowest BCUT2D eigenvalue weighted by Crippen LogP contribution is -2.18. The maximum absolute atomic E-state index is 12.0. The van der Waals surface area contributed by atoms with Crippen molar-refractivity contribution in [3.63, 3.8) is 0 Å². The Morgan fingerprint density at radius 2 is 1.91 bits per heavy atom. The Morgan fingerprint density at radius 1 is 1.13 bits per heavy atom. The van der Waals surface area contributed by atoms with Crippen molar-refractivity contribution in [1.29, 1.82) is 0 Å². The van der Waals surface area contributed by atoms with Gasteiger partial charge in [0.25, 0.3) is 0 Å². The van der Waals surface area contributed by atoms with Crippen LogP contribution < -0.4 is 10.1 Å². The van der Waals surface area contributed by atoms with Gasteiger partial charge in [0, 0.05) is 18.0 Å². The first-order valence-electron chi connectivity index (χ1n) is 7.31. The van der Waals surface area contributed by atoms with Crippen LogP contribution in [0.25, 0.3) is 0 Å². The lowest BCUT2D eigenvalue weighted by molar-refractivity contribution is -0.116. The van der Waals surface area contributed by atoms with E-state index in [9.17, 15) is 4.79 Å². The number of carbonyl (C=O) groups excluding carboxylic acids is 1. The Balaban J connectivity index is 1.64. The van der Waals surface area contributed by atoms with E-state index < -0.39 is 0 Å². The van der Waals surface area contributed by atoms with E-state index >= 15 is 0 Å². The number of hydrogen-bond donors (Lipinski definition) is 1. The molecule has 0 bridgehead atoms. The number of benzene rings is 2. The molecule has 0 atom stereocenters. The van der Waals surface area contributed by atoms with Crippen molar-refractivity contribution in [3.05, 3.63) is 72.6 Å². The van der Waals surface area contributed by atoms with Gasteiger partial charge in [-0.2, -0.15) is 5.10 Å². The Bertz CT molecular complexity index is 797. The van der Waals surface area contributed by atoms with Gasteiger partial charge in [-0.05, 0) is 36.8 Å². The van der Waals surface area contributed by atoms with Gasteiger partial charge in [0.1, 0.15) is 18.0 Å². The van der Waals surface area contributed by atoms with Crippen LogP contribution >= 0.6 is 0 Å². The predicted molar refractivity (Wildman–Crippen MR) is 88.6 cm³/mol. The van der Waals surface area contributed by atoms with Crippen molar-refractivity contribution in [2.75, 3.05) is 5.32 Å². The van der Waals surface area contributed by atoms with Crippen LogP contribution in [-0.4, -0.2) is 15.7 Å². The number of anilines is 1. The molecule has 0 unspecified atom stereocenters. The molecule has 3 aromatic rings. The summed E-state index contributed by atoms with van der Waals surface area (Å²) in [5.41, 5.74) is 1.71. The molecule has 2 aromatic carbocycles. The summed E-state index contributed by atoms with van der Waals surface area (Å²) in [6.45, 7) is 2.11. The zero-order valence-electron chi connectivity index (χ0n) is 12.8. The minimum absolute atomic E-state index is 0.134. The molecule has 0 aliphatic heterocycles. The van der Waals surface area contributed by atoms with Crippen molar-refractivity contribution in [1.82, 2.24) is 9.78 Å². The van der Waals surface area contributed by atoms with Gasteiger partial charge in [-0.25, -0.2) is 0 Å². The van der Waals surface area contributed by atoms with E-state index in [1.807, 2.05) is 61.7 Å². The van der Waals surface area contributed by atoms with Gasteiger partial charge in [-0.3, -0.25) is 9.48 Å². The maximum Gasteiger partial charge on any atom is 0.246 e. The number of nitrogens with one attached hydrogen (secondary N) is 1. The third-order valence-corrected chi connectivity index (χ3v) is 3.16. The number of nitrogens with zero attached hydrogens (tertiary/aromatic N) is 2. The van der Waals surface area contributed by atoms with Crippen molar-refractivity contribution in [2.45, 2.75) is 13.5 Å². The van der Waals surface area contributed by atoms with E-state index in [0.717, 1.165) is 11.3 Å². The van der Waals surface area contributed by atoms with Crippen LogP contribution in [0, 0.1) is 6.92 Å². The molecule has 1 N–H and O–H groups in total. The topological polar surface area (TPSA) is 56.2 Å². The molecule has 0 aliphatic rings. The van der Waals surface area contributed by atoms with E-state index in [-0.39, 0.29) is 12.5 Å². The van der Waals surface area contributed by atoms with E-state index in [4.69, 9.17) is 4.74 Å². The fourth-order valence-electron chi connectivity index (χ4n) is 2.16. The molecular formula is C18H17N3O2. The maximum atomic E-state index is 12.0. The minimum atomic E-state index is -0.134. The first kappa shape index (κ1) is 14.8. The molecule has 23 heavy (non-hydrogen) atoms. The van der Waals surface area contributed by atoms with Crippen LogP contribution in [0.1, 0.15) is 5.56 Å². The van der Waals surface area contributed by atoms with Crippen LogP contribution in [0.2, 0.25) is 0 Å².